The first-order valence-electron chi connectivity index (χ1n) is 11.2. The lowest BCUT2D eigenvalue weighted by Crippen LogP contribution is -2.37. The topological polar surface area (TPSA) is 40.6 Å². The summed E-state index contributed by atoms with van der Waals surface area (Å²) in [6.45, 7) is 4.14. The van der Waals surface area contributed by atoms with Crippen molar-refractivity contribution in [2.75, 3.05) is 13.1 Å². The van der Waals surface area contributed by atoms with E-state index < -0.39 is 0 Å². The number of amides is 2. The summed E-state index contributed by atoms with van der Waals surface area (Å²) < 4.78 is 0. The van der Waals surface area contributed by atoms with Crippen molar-refractivity contribution in [1.82, 2.24) is 9.80 Å². The summed E-state index contributed by atoms with van der Waals surface area (Å²) in [6, 6.07) is 19.2. The Hall–Kier alpha value is -2.62. The van der Waals surface area contributed by atoms with Gasteiger partial charge in [-0.15, -0.1) is 0 Å². The van der Waals surface area contributed by atoms with Crippen LogP contribution in [-0.2, 0) is 29.0 Å². The fourth-order valence-electron chi connectivity index (χ4n) is 4.44. The second-order valence-electron chi connectivity index (χ2n) is 8.89. The minimum atomic E-state index is 0.194. The molecule has 0 N–H and O–H groups in total. The molecule has 0 spiro atoms. The van der Waals surface area contributed by atoms with E-state index in [4.69, 9.17) is 0 Å². The second-order valence-corrected chi connectivity index (χ2v) is 8.89. The molecule has 0 aromatic heterocycles. The zero-order valence-electron chi connectivity index (χ0n) is 17.9. The van der Waals surface area contributed by atoms with Crippen molar-refractivity contribution in [2.45, 2.75) is 58.0 Å². The smallest absolute Gasteiger partial charge is 0.227 e. The molecule has 2 aromatic rings. The lowest BCUT2D eigenvalue weighted by Gasteiger charge is -2.31. The Morgan fingerprint density at radius 3 is 2.10 bits per heavy atom. The molecule has 1 aliphatic heterocycles. The zero-order valence-corrected chi connectivity index (χ0v) is 17.9. The number of carbonyl (C=O) groups excluding carboxylic acids is 2. The highest BCUT2D eigenvalue weighted by Gasteiger charge is 2.32. The molecule has 30 heavy (non-hydrogen) atoms. The van der Waals surface area contributed by atoms with Crippen LogP contribution in [0.2, 0.25) is 0 Å². The Morgan fingerprint density at radius 2 is 1.50 bits per heavy atom. The van der Waals surface area contributed by atoms with E-state index in [2.05, 4.69) is 29.2 Å². The SMILES string of the molecule is CC(=O)N1CCC(Cc2ccc(CN(C(=O)Cc3ccccc3)C3CC3)cc2)CC1. The van der Waals surface area contributed by atoms with Crippen molar-refractivity contribution in [3.63, 3.8) is 0 Å². The highest BCUT2D eigenvalue weighted by molar-refractivity contribution is 5.79. The largest absolute Gasteiger partial charge is 0.343 e. The van der Waals surface area contributed by atoms with Gasteiger partial charge < -0.3 is 9.80 Å². The van der Waals surface area contributed by atoms with E-state index in [1.54, 1.807) is 6.92 Å². The van der Waals surface area contributed by atoms with Gasteiger partial charge in [0.05, 0.1) is 6.42 Å². The van der Waals surface area contributed by atoms with Crippen molar-refractivity contribution >= 4 is 11.8 Å². The van der Waals surface area contributed by atoms with E-state index in [-0.39, 0.29) is 11.8 Å². The van der Waals surface area contributed by atoms with Crippen LogP contribution >= 0.6 is 0 Å². The molecule has 0 atom stereocenters. The molecule has 2 aromatic carbocycles. The number of nitrogens with zero attached hydrogens (tertiary/aromatic N) is 2. The van der Waals surface area contributed by atoms with Crippen LogP contribution in [0.4, 0.5) is 0 Å². The molecule has 1 saturated heterocycles. The van der Waals surface area contributed by atoms with Crippen LogP contribution in [0.5, 0.6) is 0 Å². The van der Waals surface area contributed by atoms with Crippen LogP contribution < -0.4 is 0 Å². The minimum absolute atomic E-state index is 0.194. The third-order valence-electron chi connectivity index (χ3n) is 6.47. The van der Waals surface area contributed by atoms with Gasteiger partial charge in [0.15, 0.2) is 0 Å². The zero-order chi connectivity index (χ0) is 20.9. The Morgan fingerprint density at radius 1 is 0.867 bits per heavy atom. The van der Waals surface area contributed by atoms with Crippen LogP contribution in [0, 0.1) is 5.92 Å². The summed E-state index contributed by atoms with van der Waals surface area (Å²) >= 11 is 0. The van der Waals surface area contributed by atoms with E-state index in [0.29, 0.717) is 24.9 Å². The molecule has 1 heterocycles. The highest BCUT2D eigenvalue weighted by Crippen LogP contribution is 2.29. The summed E-state index contributed by atoms with van der Waals surface area (Å²) in [4.78, 5) is 28.4. The number of likely N-dealkylation sites (tertiary alicyclic amines) is 1. The molecule has 4 rings (SSSR count). The molecule has 2 aliphatic rings. The Labute approximate surface area is 179 Å². The third kappa shape index (κ3) is 5.50. The molecule has 158 valence electrons. The monoisotopic (exact) mass is 404 g/mol. The van der Waals surface area contributed by atoms with Gasteiger partial charge in [0.1, 0.15) is 0 Å². The van der Waals surface area contributed by atoms with Gasteiger partial charge in [-0.2, -0.15) is 0 Å². The summed E-state index contributed by atoms with van der Waals surface area (Å²) in [7, 11) is 0. The summed E-state index contributed by atoms with van der Waals surface area (Å²) in [5, 5.41) is 0. The van der Waals surface area contributed by atoms with Gasteiger partial charge in [0, 0.05) is 32.6 Å². The van der Waals surface area contributed by atoms with Gasteiger partial charge in [0.25, 0.3) is 0 Å². The summed E-state index contributed by atoms with van der Waals surface area (Å²) in [6.07, 6.45) is 5.98. The lowest BCUT2D eigenvalue weighted by atomic mass is 9.90. The lowest BCUT2D eigenvalue weighted by molar-refractivity contribution is -0.132. The summed E-state index contributed by atoms with van der Waals surface area (Å²) in [5.41, 5.74) is 3.64. The molecule has 0 bridgehead atoms. The van der Waals surface area contributed by atoms with Crippen molar-refractivity contribution in [1.29, 1.82) is 0 Å². The molecule has 1 aliphatic carbocycles. The molecule has 0 radical (unpaired) electrons. The van der Waals surface area contributed by atoms with E-state index in [1.165, 1.54) is 11.1 Å². The predicted octanol–water partition coefficient (Wildman–Crippen LogP) is 4.22. The van der Waals surface area contributed by atoms with Gasteiger partial charge in [-0.05, 0) is 54.7 Å². The molecule has 4 heteroatoms. The van der Waals surface area contributed by atoms with Crippen molar-refractivity contribution in [2.24, 2.45) is 5.92 Å². The van der Waals surface area contributed by atoms with Gasteiger partial charge >= 0.3 is 0 Å². The average molecular weight is 405 g/mol. The van der Waals surface area contributed by atoms with Crippen molar-refractivity contribution < 1.29 is 9.59 Å². The van der Waals surface area contributed by atoms with Crippen molar-refractivity contribution in [3.8, 4) is 0 Å². The minimum Gasteiger partial charge on any atom is -0.343 e. The van der Waals surface area contributed by atoms with Crippen molar-refractivity contribution in [3.05, 3.63) is 71.3 Å². The van der Waals surface area contributed by atoms with E-state index in [1.807, 2.05) is 35.2 Å². The molecule has 1 saturated carbocycles. The van der Waals surface area contributed by atoms with E-state index in [0.717, 1.165) is 50.8 Å². The molecule has 2 fully saturated rings. The Balaban J connectivity index is 1.32. The maximum Gasteiger partial charge on any atom is 0.227 e. The van der Waals surface area contributed by atoms with E-state index in [9.17, 15) is 9.59 Å². The van der Waals surface area contributed by atoms with Crippen LogP contribution in [0.15, 0.2) is 54.6 Å². The van der Waals surface area contributed by atoms with Gasteiger partial charge in [0.2, 0.25) is 11.8 Å². The molecular weight excluding hydrogens is 372 g/mol. The number of hydrogen-bond acceptors (Lipinski definition) is 2. The first kappa shape index (κ1) is 20.6. The number of rotatable bonds is 7. The van der Waals surface area contributed by atoms with Gasteiger partial charge in [-0.3, -0.25) is 9.59 Å². The first-order chi connectivity index (χ1) is 14.6. The molecule has 2 amide bonds. The standard InChI is InChI=1S/C26H32N2O2/c1-20(29)27-15-13-23(14-16-27)17-22-7-9-24(10-8-22)19-28(25-11-12-25)26(30)18-21-5-3-2-4-6-21/h2-10,23,25H,11-19H2,1H3. The maximum atomic E-state index is 12.9. The number of piperidine rings is 1. The first-order valence-corrected chi connectivity index (χ1v) is 11.2. The number of hydrogen-bond donors (Lipinski definition) is 0. The van der Waals surface area contributed by atoms with Crippen LogP contribution in [0.3, 0.4) is 0 Å². The maximum absolute atomic E-state index is 12.9. The fraction of sp³-hybridized carbons (Fsp3) is 0.462. The quantitative estimate of drug-likeness (QED) is 0.693. The third-order valence-corrected chi connectivity index (χ3v) is 6.47. The molecular formula is C26H32N2O2. The van der Waals surface area contributed by atoms with Crippen LogP contribution in [0.25, 0.3) is 0 Å². The number of benzene rings is 2. The highest BCUT2D eigenvalue weighted by atomic mass is 16.2. The summed E-state index contributed by atoms with van der Waals surface area (Å²) in [5.74, 6) is 1.08. The normalized spacial score (nSPS) is 17.0. The second kappa shape index (κ2) is 9.46. The van der Waals surface area contributed by atoms with Crippen LogP contribution in [-0.4, -0.2) is 40.7 Å². The number of carbonyl (C=O) groups is 2. The van der Waals surface area contributed by atoms with E-state index >= 15 is 0 Å². The van der Waals surface area contributed by atoms with Crippen LogP contribution in [0.1, 0.15) is 49.3 Å². The molecule has 4 nitrogen and oxygen atoms in total. The average Bonchev–Trinajstić information content (AvgIpc) is 3.59. The Bertz CT molecular complexity index is 850. The van der Waals surface area contributed by atoms with Gasteiger partial charge in [-0.25, -0.2) is 0 Å². The molecule has 0 unspecified atom stereocenters. The Kier molecular flexibility index (Phi) is 6.51. The van der Waals surface area contributed by atoms with Gasteiger partial charge in [-0.1, -0.05) is 54.6 Å². The predicted molar refractivity (Wildman–Crippen MR) is 119 cm³/mol. The fourth-order valence-corrected chi connectivity index (χ4v) is 4.44.